The number of carboxylic acid groups (broad SMARTS) is 2. The molecule has 7 heteroatoms. The van der Waals surface area contributed by atoms with E-state index in [0.29, 0.717) is 12.2 Å². The largest absolute Gasteiger partial charge is 0.497 e. The van der Waals surface area contributed by atoms with Crippen LogP contribution in [0.4, 0.5) is 0 Å². The molecule has 2 rings (SSSR count). The number of H-pyrrole nitrogens is 1. The van der Waals surface area contributed by atoms with E-state index in [-0.39, 0.29) is 6.04 Å². The second-order valence-corrected chi connectivity index (χ2v) is 4.92. The smallest absolute Gasteiger partial charge is 0.328 e. The number of fused-ring (bicyclic) bond motifs is 1. The summed E-state index contributed by atoms with van der Waals surface area (Å²) in [4.78, 5) is 22.3. The highest BCUT2D eigenvalue weighted by atomic mass is 16.5. The molecule has 0 aliphatic rings. The van der Waals surface area contributed by atoms with Crippen LogP contribution >= 0.6 is 0 Å². The number of hydrogen-bond acceptors (Lipinski definition) is 4. The minimum Gasteiger partial charge on any atom is -0.497 e. The molecule has 0 aliphatic carbocycles. The number of methoxy groups -OCH3 is 1. The Morgan fingerprint density at radius 2 is 1.91 bits per heavy atom. The molecule has 0 saturated carbocycles. The van der Waals surface area contributed by atoms with Gasteiger partial charge >= 0.3 is 11.9 Å². The number of aromatic amines is 1. The van der Waals surface area contributed by atoms with Crippen molar-refractivity contribution in [1.82, 2.24) is 4.98 Å². The average Bonchev–Trinajstić information content (AvgIpc) is 2.87. The summed E-state index contributed by atoms with van der Waals surface area (Å²) in [6.45, 7) is 2.01. The van der Waals surface area contributed by atoms with Gasteiger partial charge in [-0.3, -0.25) is 0 Å². The van der Waals surface area contributed by atoms with Crippen LogP contribution in [0.15, 0.2) is 36.5 Å². The topological polar surface area (TPSA) is 126 Å². The normalized spacial score (nSPS) is 11.8. The summed E-state index contributed by atoms with van der Waals surface area (Å²) in [5, 5.41) is 16.8. The summed E-state index contributed by atoms with van der Waals surface area (Å²) in [6, 6.07) is 6.20. The molecule has 124 valence electrons. The second kappa shape index (κ2) is 8.60. The Morgan fingerprint density at radius 3 is 2.39 bits per heavy atom. The van der Waals surface area contributed by atoms with Crippen LogP contribution in [0, 0.1) is 0 Å². The molecule has 0 saturated heterocycles. The fourth-order valence-corrected chi connectivity index (χ4v) is 1.94. The van der Waals surface area contributed by atoms with Crippen LogP contribution in [0.5, 0.6) is 5.75 Å². The van der Waals surface area contributed by atoms with Crippen molar-refractivity contribution in [3.05, 3.63) is 42.1 Å². The van der Waals surface area contributed by atoms with E-state index < -0.39 is 11.9 Å². The maximum absolute atomic E-state index is 9.55. The molecule has 0 bridgehead atoms. The summed E-state index contributed by atoms with van der Waals surface area (Å²) < 4.78 is 5.21. The van der Waals surface area contributed by atoms with Crippen molar-refractivity contribution < 1.29 is 24.5 Å². The molecule has 1 heterocycles. The second-order valence-electron chi connectivity index (χ2n) is 4.92. The van der Waals surface area contributed by atoms with Crippen molar-refractivity contribution in [2.24, 2.45) is 5.73 Å². The Kier molecular flexibility index (Phi) is 6.82. The van der Waals surface area contributed by atoms with Crippen LogP contribution in [0.2, 0.25) is 0 Å². The summed E-state index contributed by atoms with van der Waals surface area (Å²) >= 11 is 0. The lowest BCUT2D eigenvalue weighted by Gasteiger charge is -2.04. The zero-order chi connectivity index (χ0) is 17.4. The number of carbonyl (C=O) groups is 2. The molecule has 1 atom stereocenters. The lowest BCUT2D eigenvalue weighted by atomic mass is 10.1. The number of aliphatic carboxylic acids is 2. The molecule has 1 aromatic heterocycles. The van der Waals surface area contributed by atoms with Gasteiger partial charge < -0.3 is 25.7 Å². The lowest BCUT2D eigenvalue weighted by molar-refractivity contribution is -0.134. The number of nitrogens with one attached hydrogen (secondary N) is 1. The highest BCUT2D eigenvalue weighted by Crippen LogP contribution is 2.24. The van der Waals surface area contributed by atoms with E-state index in [4.69, 9.17) is 20.7 Å². The Balaban J connectivity index is 0.000000284. The predicted octanol–water partition coefficient (Wildman–Crippen LogP) is 1.78. The van der Waals surface area contributed by atoms with Crippen molar-refractivity contribution >= 4 is 22.8 Å². The molecule has 0 fully saturated rings. The monoisotopic (exact) mass is 320 g/mol. The Morgan fingerprint density at radius 1 is 1.30 bits per heavy atom. The number of hydrogen-bond donors (Lipinski definition) is 4. The Bertz CT molecular complexity index is 688. The van der Waals surface area contributed by atoms with Gasteiger partial charge in [-0.15, -0.1) is 0 Å². The number of rotatable bonds is 5. The fourth-order valence-electron chi connectivity index (χ4n) is 1.94. The van der Waals surface area contributed by atoms with Gasteiger partial charge in [0.1, 0.15) is 5.75 Å². The molecule has 0 amide bonds. The van der Waals surface area contributed by atoms with Gasteiger partial charge in [0.25, 0.3) is 0 Å². The highest BCUT2D eigenvalue weighted by molar-refractivity contribution is 5.89. The average molecular weight is 320 g/mol. The number of aromatic nitrogens is 1. The van der Waals surface area contributed by atoms with Gasteiger partial charge in [-0.05, 0) is 37.1 Å². The molecule has 5 N–H and O–H groups in total. The molecular weight excluding hydrogens is 300 g/mol. The van der Waals surface area contributed by atoms with Crippen LogP contribution in [-0.2, 0) is 16.0 Å². The van der Waals surface area contributed by atoms with E-state index >= 15 is 0 Å². The molecule has 0 aliphatic heterocycles. The van der Waals surface area contributed by atoms with Gasteiger partial charge in [-0.2, -0.15) is 0 Å². The quantitative estimate of drug-likeness (QED) is 0.622. The molecule has 1 aromatic carbocycles. The van der Waals surface area contributed by atoms with Gasteiger partial charge in [0.2, 0.25) is 0 Å². The fraction of sp³-hybridized carbons (Fsp3) is 0.250. The van der Waals surface area contributed by atoms with Crippen LogP contribution in [0.1, 0.15) is 12.5 Å². The first-order chi connectivity index (χ1) is 10.8. The zero-order valence-corrected chi connectivity index (χ0v) is 12.9. The first kappa shape index (κ1) is 18.2. The van der Waals surface area contributed by atoms with E-state index in [9.17, 15) is 9.59 Å². The maximum atomic E-state index is 9.55. The van der Waals surface area contributed by atoms with Gasteiger partial charge in [-0.25, -0.2) is 9.59 Å². The maximum Gasteiger partial charge on any atom is 0.328 e. The third-order valence-corrected chi connectivity index (χ3v) is 2.88. The number of carboxylic acids is 2. The Labute approximate surface area is 133 Å². The van der Waals surface area contributed by atoms with Crippen LogP contribution in [0.25, 0.3) is 10.9 Å². The third-order valence-electron chi connectivity index (χ3n) is 2.88. The molecular formula is C16H20N2O5. The SMILES string of the molecule is COc1ccc2[nH]cc(CC(C)N)c2c1.O=C(O)/C=C/C(=O)O. The van der Waals surface area contributed by atoms with Gasteiger partial charge in [0.15, 0.2) is 0 Å². The minimum atomic E-state index is -1.26. The van der Waals surface area contributed by atoms with Gasteiger partial charge in [-0.1, -0.05) is 0 Å². The zero-order valence-electron chi connectivity index (χ0n) is 12.9. The number of ether oxygens (including phenoxy) is 1. The Hall–Kier alpha value is -2.80. The molecule has 2 aromatic rings. The van der Waals surface area contributed by atoms with Crippen LogP contribution < -0.4 is 10.5 Å². The molecule has 0 radical (unpaired) electrons. The first-order valence-electron chi connectivity index (χ1n) is 6.87. The van der Waals surface area contributed by atoms with E-state index in [0.717, 1.165) is 17.7 Å². The highest BCUT2D eigenvalue weighted by Gasteiger charge is 2.06. The summed E-state index contributed by atoms with van der Waals surface area (Å²) in [6.07, 6.45) is 4.02. The standard InChI is InChI=1S/C12H16N2O.C4H4O4/c1-8(13)5-9-7-14-12-4-3-10(15-2)6-11(9)12;5-3(6)1-2-4(7)8/h3-4,6-8,14H,5,13H2,1-2H3;1-2H,(H,5,6)(H,7,8)/b;2-1+. The summed E-state index contributed by atoms with van der Waals surface area (Å²) in [5.74, 6) is -1.63. The van der Waals surface area contributed by atoms with Gasteiger partial charge in [0.05, 0.1) is 7.11 Å². The van der Waals surface area contributed by atoms with Crippen LogP contribution in [0.3, 0.4) is 0 Å². The first-order valence-corrected chi connectivity index (χ1v) is 6.87. The molecule has 0 spiro atoms. The molecule has 23 heavy (non-hydrogen) atoms. The van der Waals surface area contributed by atoms with Crippen molar-refractivity contribution in [2.75, 3.05) is 7.11 Å². The molecule has 7 nitrogen and oxygen atoms in total. The predicted molar refractivity (Wildman–Crippen MR) is 86.6 cm³/mol. The number of nitrogens with two attached hydrogens (primary N) is 1. The van der Waals surface area contributed by atoms with Gasteiger partial charge in [0, 0.05) is 35.3 Å². The number of benzene rings is 1. The minimum absolute atomic E-state index is 0.176. The van der Waals surface area contributed by atoms with Crippen molar-refractivity contribution in [3.8, 4) is 5.75 Å². The van der Waals surface area contributed by atoms with Crippen molar-refractivity contribution in [1.29, 1.82) is 0 Å². The third kappa shape index (κ3) is 6.23. The van der Waals surface area contributed by atoms with Crippen molar-refractivity contribution in [2.45, 2.75) is 19.4 Å². The molecule has 1 unspecified atom stereocenters. The lowest BCUT2D eigenvalue weighted by Crippen LogP contribution is -2.17. The summed E-state index contributed by atoms with van der Waals surface area (Å²) in [7, 11) is 1.68. The van der Waals surface area contributed by atoms with Crippen molar-refractivity contribution in [3.63, 3.8) is 0 Å². The van der Waals surface area contributed by atoms with Crippen LogP contribution in [-0.4, -0.2) is 40.3 Å². The summed E-state index contributed by atoms with van der Waals surface area (Å²) in [5.41, 5.74) is 8.18. The van der Waals surface area contributed by atoms with E-state index in [1.54, 1.807) is 7.11 Å². The van der Waals surface area contributed by atoms with E-state index in [2.05, 4.69) is 4.98 Å². The van der Waals surface area contributed by atoms with E-state index in [1.807, 2.05) is 31.3 Å². The van der Waals surface area contributed by atoms with E-state index in [1.165, 1.54) is 10.9 Å².